The van der Waals surface area contributed by atoms with Crippen LogP contribution in [0.5, 0.6) is 5.75 Å². The Morgan fingerprint density at radius 2 is 2.05 bits per heavy atom. The van der Waals surface area contributed by atoms with Crippen molar-refractivity contribution in [1.82, 2.24) is 0 Å². The van der Waals surface area contributed by atoms with Gasteiger partial charge in [0.2, 0.25) is 6.41 Å². The Morgan fingerprint density at radius 3 is 2.47 bits per heavy atom. The Kier molecular flexibility index (Phi) is 4.63. The van der Waals surface area contributed by atoms with Crippen LogP contribution in [0.15, 0.2) is 12.1 Å². The van der Waals surface area contributed by atoms with Crippen molar-refractivity contribution in [2.45, 2.75) is 13.8 Å². The Hall–Kier alpha value is -2.37. The molecule has 1 N–H and O–H groups in total. The number of carbonyl (C=O) groups is 3. The summed E-state index contributed by atoms with van der Waals surface area (Å²) in [5.41, 5.74) is 0.868. The molecule has 0 aliphatic rings. The molecule has 1 amide bonds. The maximum absolute atomic E-state index is 11.1. The van der Waals surface area contributed by atoms with Crippen molar-refractivity contribution < 1.29 is 24.2 Å². The highest BCUT2D eigenvalue weighted by atomic mass is 16.5. The zero-order chi connectivity index (χ0) is 14.6. The highest BCUT2D eigenvalue weighted by Gasteiger charge is 2.19. The molecule has 0 atom stereocenters. The number of ketones is 1. The van der Waals surface area contributed by atoms with Crippen LogP contribution in [0.1, 0.15) is 22.8 Å². The summed E-state index contributed by atoms with van der Waals surface area (Å²) >= 11 is 0. The molecule has 19 heavy (non-hydrogen) atoms. The quantitative estimate of drug-likeness (QED) is 0.783. The van der Waals surface area contributed by atoms with Gasteiger partial charge >= 0.3 is 5.97 Å². The zero-order valence-electron chi connectivity index (χ0n) is 11.0. The number of aromatic carboxylic acids is 1. The van der Waals surface area contributed by atoms with Gasteiger partial charge in [0, 0.05) is 5.56 Å². The van der Waals surface area contributed by atoms with Crippen molar-refractivity contribution in [1.29, 1.82) is 0 Å². The second-order valence-corrected chi connectivity index (χ2v) is 4.03. The van der Waals surface area contributed by atoms with E-state index in [0.717, 1.165) is 0 Å². The molecule has 1 rings (SSSR count). The van der Waals surface area contributed by atoms with Gasteiger partial charge in [-0.05, 0) is 26.0 Å². The number of hydrogen-bond donors (Lipinski definition) is 1. The molecule has 0 aromatic heterocycles. The lowest BCUT2D eigenvalue weighted by Gasteiger charge is -2.21. The number of anilines is 1. The molecule has 0 aliphatic carbocycles. The van der Waals surface area contributed by atoms with Gasteiger partial charge < -0.3 is 14.7 Å². The summed E-state index contributed by atoms with van der Waals surface area (Å²) in [7, 11) is 1.38. The lowest BCUT2D eigenvalue weighted by atomic mass is 10.1. The molecule has 1 aromatic rings. The molecule has 0 saturated carbocycles. The number of amides is 1. The Balaban J connectivity index is 3.35. The van der Waals surface area contributed by atoms with Gasteiger partial charge in [0.1, 0.15) is 11.5 Å². The van der Waals surface area contributed by atoms with E-state index in [0.29, 0.717) is 17.7 Å². The minimum Gasteiger partial charge on any atom is -0.494 e. The van der Waals surface area contributed by atoms with Crippen LogP contribution in [0.25, 0.3) is 0 Å². The van der Waals surface area contributed by atoms with Gasteiger partial charge in [-0.3, -0.25) is 9.59 Å². The van der Waals surface area contributed by atoms with E-state index in [-0.39, 0.29) is 23.6 Å². The van der Waals surface area contributed by atoms with Crippen LogP contribution in [0.3, 0.4) is 0 Å². The first-order valence-electron chi connectivity index (χ1n) is 5.54. The predicted octanol–water partition coefficient (Wildman–Crippen LogP) is 1.25. The van der Waals surface area contributed by atoms with Gasteiger partial charge in [0.05, 0.1) is 24.9 Å². The van der Waals surface area contributed by atoms with Crippen molar-refractivity contribution >= 4 is 23.9 Å². The summed E-state index contributed by atoms with van der Waals surface area (Å²) < 4.78 is 5.16. The number of ether oxygens (including phenoxy) is 1. The number of benzene rings is 1. The van der Waals surface area contributed by atoms with Crippen LogP contribution >= 0.6 is 0 Å². The third-order valence-corrected chi connectivity index (χ3v) is 2.65. The molecule has 102 valence electrons. The van der Waals surface area contributed by atoms with Gasteiger partial charge in [-0.1, -0.05) is 0 Å². The maximum atomic E-state index is 11.1. The topological polar surface area (TPSA) is 83.9 Å². The molecule has 0 spiro atoms. The van der Waals surface area contributed by atoms with E-state index in [2.05, 4.69) is 0 Å². The molecule has 6 heteroatoms. The van der Waals surface area contributed by atoms with Crippen LogP contribution in [0.2, 0.25) is 0 Å². The van der Waals surface area contributed by atoms with Gasteiger partial charge in [-0.25, -0.2) is 4.79 Å². The van der Waals surface area contributed by atoms with Crippen LogP contribution in [0.4, 0.5) is 5.69 Å². The highest BCUT2D eigenvalue weighted by molar-refractivity contribution is 5.94. The monoisotopic (exact) mass is 265 g/mol. The van der Waals surface area contributed by atoms with E-state index < -0.39 is 5.97 Å². The number of carboxylic acids is 1. The van der Waals surface area contributed by atoms with Crippen molar-refractivity contribution in [3.05, 3.63) is 23.3 Å². The van der Waals surface area contributed by atoms with Gasteiger partial charge in [0.25, 0.3) is 0 Å². The van der Waals surface area contributed by atoms with Crippen molar-refractivity contribution in [3.63, 3.8) is 0 Å². The number of hydrogen-bond acceptors (Lipinski definition) is 4. The lowest BCUT2D eigenvalue weighted by Crippen LogP contribution is -2.27. The second kappa shape index (κ2) is 5.99. The summed E-state index contributed by atoms with van der Waals surface area (Å²) in [5, 5.41) is 9.02. The number of Topliss-reactive ketones (excluding diaryl/α,β-unsaturated/α-hetero) is 1. The Bertz CT molecular complexity index is 524. The first kappa shape index (κ1) is 14.7. The van der Waals surface area contributed by atoms with Crippen molar-refractivity contribution in [3.8, 4) is 5.75 Å². The molecule has 0 aliphatic heterocycles. The minimum atomic E-state index is -1.08. The normalized spacial score (nSPS) is 9.84. The molecule has 0 unspecified atom stereocenters. The van der Waals surface area contributed by atoms with E-state index in [9.17, 15) is 14.4 Å². The highest BCUT2D eigenvalue weighted by Crippen LogP contribution is 2.33. The van der Waals surface area contributed by atoms with Gasteiger partial charge in [-0.15, -0.1) is 0 Å². The van der Waals surface area contributed by atoms with Crippen molar-refractivity contribution in [2.24, 2.45) is 0 Å². The fraction of sp³-hybridized carbons (Fsp3) is 0.308. The molecule has 0 saturated heterocycles. The third kappa shape index (κ3) is 3.09. The fourth-order valence-corrected chi connectivity index (χ4v) is 1.81. The molecule has 1 aromatic carbocycles. The number of carbonyl (C=O) groups excluding carboxylic acids is 2. The van der Waals surface area contributed by atoms with Crippen LogP contribution in [-0.2, 0) is 9.59 Å². The largest absolute Gasteiger partial charge is 0.494 e. The van der Waals surface area contributed by atoms with Crippen LogP contribution in [0, 0.1) is 6.92 Å². The molecule has 0 bridgehead atoms. The number of rotatable bonds is 6. The standard InChI is InChI=1S/C13H15NO5/c1-8(16)6-14(7-15)11-5-4-10(13(17)18)9(2)12(11)19-3/h4-5,7H,6H2,1-3H3,(H,17,18). The zero-order valence-corrected chi connectivity index (χ0v) is 11.0. The summed E-state index contributed by atoms with van der Waals surface area (Å²) in [6.45, 7) is 2.86. The number of carboxylic acid groups (broad SMARTS) is 1. The molecule has 0 radical (unpaired) electrons. The van der Waals surface area contributed by atoms with E-state index in [1.807, 2.05) is 0 Å². The SMILES string of the molecule is COc1c(N(C=O)CC(C)=O)ccc(C(=O)O)c1C. The van der Waals surface area contributed by atoms with Crippen LogP contribution < -0.4 is 9.64 Å². The smallest absolute Gasteiger partial charge is 0.336 e. The minimum absolute atomic E-state index is 0.0915. The Labute approximate surface area is 110 Å². The van der Waals surface area contributed by atoms with Crippen LogP contribution in [-0.4, -0.2) is 36.9 Å². The molecule has 0 heterocycles. The lowest BCUT2D eigenvalue weighted by molar-refractivity contribution is -0.117. The number of nitrogens with zero attached hydrogens (tertiary/aromatic N) is 1. The first-order valence-corrected chi connectivity index (χ1v) is 5.54. The predicted molar refractivity (Wildman–Crippen MR) is 68.8 cm³/mol. The Morgan fingerprint density at radius 1 is 1.42 bits per heavy atom. The molecule has 0 fully saturated rings. The molecule has 6 nitrogen and oxygen atoms in total. The van der Waals surface area contributed by atoms with E-state index in [4.69, 9.17) is 9.84 Å². The molecular weight excluding hydrogens is 250 g/mol. The summed E-state index contributed by atoms with van der Waals surface area (Å²) in [6.07, 6.45) is 0.513. The average Bonchev–Trinajstić information content (AvgIpc) is 2.34. The third-order valence-electron chi connectivity index (χ3n) is 2.65. The second-order valence-electron chi connectivity index (χ2n) is 4.03. The van der Waals surface area contributed by atoms with E-state index in [1.54, 1.807) is 6.92 Å². The maximum Gasteiger partial charge on any atom is 0.336 e. The number of methoxy groups -OCH3 is 1. The van der Waals surface area contributed by atoms with Crippen molar-refractivity contribution in [2.75, 3.05) is 18.6 Å². The van der Waals surface area contributed by atoms with E-state index >= 15 is 0 Å². The fourth-order valence-electron chi connectivity index (χ4n) is 1.81. The van der Waals surface area contributed by atoms with Gasteiger partial charge in [-0.2, -0.15) is 0 Å². The average molecular weight is 265 g/mol. The summed E-state index contributed by atoms with van der Waals surface area (Å²) in [6, 6.07) is 2.83. The summed E-state index contributed by atoms with van der Waals surface area (Å²) in [4.78, 5) is 34.4. The van der Waals surface area contributed by atoms with E-state index in [1.165, 1.54) is 31.1 Å². The molecular formula is C13H15NO5. The first-order chi connectivity index (χ1) is 8.92. The summed E-state index contributed by atoms with van der Waals surface area (Å²) in [5.74, 6) is -0.992. The van der Waals surface area contributed by atoms with Gasteiger partial charge in [0.15, 0.2) is 0 Å².